The van der Waals surface area contributed by atoms with E-state index in [-0.39, 0.29) is 0 Å². The molecular formula is C19H29N3O. The molecule has 0 unspecified atom stereocenters. The minimum absolute atomic E-state index is 0.373. The average Bonchev–Trinajstić information content (AvgIpc) is 3.08. The van der Waals surface area contributed by atoms with E-state index in [1.807, 2.05) is 18.2 Å². The quantitative estimate of drug-likeness (QED) is 0.643. The van der Waals surface area contributed by atoms with Crippen LogP contribution in [-0.2, 0) is 6.54 Å². The summed E-state index contributed by atoms with van der Waals surface area (Å²) in [7, 11) is 0. The molecule has 1 aromatic carbocycles. The molecule has 23 heavy (non-hydrogen) atoms. The number of benzene rings is 1. The second kappa shape index (κ2) is 8.23. The maximum absolute atomic E-state index is 6.16. The number of rotatable bonds is 5. The summed E-state index contributed by atoms with van der Waals surface area (Å²) in [6.45, 7) is 0.578. The van der Waals surface area contributed by atoms with E-state index in [9.17, 15) is 0 Å². The molecule has 3 rings (SSSR count). The molecule has 0 spiro atoms. The first-order valence-corrected chi connectivity index (χ1v) is 9.12. The van der Waals surface area contributed by atoms with Gasteiger partial charge in [-0.2, -0.15) is 0 Å². The first-order valence-electron chi connectivity index (χ1n) is 9.12. The zero-order valence-corrected chi connectivity index (χ0v) is 14.0. The number of nitrogens with one attached hydrogen (secondary N) is 1. The first kappa shape index (κ1) is 16.2. The van der Waals surface area contributed by atoms with Crippen molar-refractivity contribution in [2.75, 3.05) is 0 Å². The van der Waals surface area contributed by atoms with Crippen LogP contribution in [-0.4, -0.2) is 18.1 Å². The lowest BCUT2D eigenvalue weighted by atomic mass is 9.96. The number of ether oxygens (including phenoxy) is 1. The van der Waals surface area contributed by atoms with Crippen LogP contribution in [0.4, 0.5) is 0 Å². The van der Waals surface area contributed by atoms with E-state index in [0.717, 1.165) is 11.3 Å². The van der Waals surface area contributed by atoms with Crippen LogP contribution < -0.4 is 15.8 Å². The van der Waals surface area contributed by atoms with Gasteiger partial charge in [0.05, 0.1) is 12.6 Å². The number of aliphatic imine (C=N–C) groups is 1. The molecule has 1 aromatic rings. The van der Waals surface area contributed by atoms with Crippen molar-refractivity contribution in [1.29, 1.82) is 0 Å². The van der Waals surface area contributed by atoms with Crippen LogP contribution >= 0.6 is 0 Å². The molecule has 126 valence electrons. The van der Waals surface area contributed by atoms with Gasteiger partial charge in [-0.3, -0.25) is 0 Å². The summed E-state index contributed by atoms with van der Waals surface area (Å²) in [5.74, 6) is 1.53. The summed E-state index contributed by atoms with van der Waals surface area (Å²) < 4.78 is 6.16. The summed E-state index contributed by atoms with van der Waals surface area (Å²) in [6, 6.07) is 8.70. The van der Waals surface area contributed by atoms with Gasteiger partial charge in [-0.1, -0.05) is 37.5 Å². The third kappa shape index (κ3) is 4.88. The smallest absolute Gasteiger partial charge is 0.189 e. The minimum atomic E-state index is 0.373. The van der Waals surface area contributed by atoms with Gasteiger partial charge >= 0.3 is 0 Å². The van der Waals surface area contributed by atoms with Crippen LogP contribution in [0.15, 0.2) is 29.3 Å². The maximum Gasteiger partial charge on any atom is 0.189 e. The summed E-state index contributed by atoms with van der Waals surface area (Å²) in [5, 5.41) is 3.37. The highest BCUT2D eigenvalue weighted by molar-refractivity contribution is 5.78. The van der Waals surface area contributed by atoms with Crippen LogP contribution in [0.3, 0.4) is 0 Å². The van der Waals surface area contributed by atoms with Crippen molar-refractivity contribution < 1.29 is 4.74 Å². The Bertz CT molecular complexity index is 517. The molecule has 2 aliphatic rings. The Labute approximate surface area is 139 Å². The second-order valence-corrected chi connectivity index (χ2v) is 6.81. The van der Waals surface area contributed by atoms with E-state index in [1.54, 1.807) is 0 Å². The highest BCUT2D eigenvalue weighted by atomic mass is 16.5. The average molecular weight is 315 g/mol. The monoisotopic (exact) mass is 315 g/mol. The second-order valence-electron chi connectivity index (χ2n) is 6.81. The number of nitrogens with two attached hydrogens (primary N) is 1. The van der Waals surface area contributed by atoms with Crippen molar-refractivity contribution in [3.8, 4) is 5.75 Å². The Morgan fingerprint density at radius 1 is 1.04 bits per heavy atom. The van der Waals surface area contributed by atoms with Gasteiger partial charge in [-0.25, -0.2) is 4.99 Å². The van der Waals surface area contributed by atoms with Gasteiger partial charge in [0, 0.05) is 11.6 Å². The van der Waals surface area contributed by atoms with Crippen molar-refractivity contribution in [2.24, 2.45) is 10.7 Å². The van der Waals surface area contributed by atoms with Crippen molar-refractivity contribution in [3.63, 3.8) is 0 Å². The molecule has 0 aromatic heterocycles. The molecule has 0 heterocycles. The van der Waals surface area contributed by atoms with Gasteiger partial charge < -0.3 is 15.8 Å². The summed E-state index contributed by atoms with van der Waals surface area (Å²) >= 11 is 0. The lowest BCUT2D eigenvalue weighted by molar-refractivity contribution is 0.208. The molecule has 2 fully saturated rings. The van der Waals surface area contributed by atoms with E-state index in [4.69, 9.17) is 10.5 Å². The Morgan fingerprint density at radius 2 is 1.74 bits per heavy atom. The number of hydrogen-bond acceptors (Lipinski definition) is 2. The lowest BCUT2D eigenvalue weighted by Crippen LogP contribution is -2.41. The van der Waals surface area contributed by atoms with E-state index in [1.165, 1.54) is 57.8 Å². The van der Waals surface area contributed by atoms with Gasteiger partial charge in [0.15, 0.2) is 5.96 Å². The fraction of sp³-hybridized carbons (Fsp3) is 0.632. The molecule has 0 radical (unpaired) electrons. The van der Waals surface area contributed by atoms with E-state index >= 15 is 0 Å². The molecule has 4 heteroatoms. The van der Waals surface area contributed by atoms with Gasteiger partial charge in [-0.05, 0) is 44.6 Å². The first-order chi connectivity index (χ1) is 11.3. The van der Waals surface area contributed by atoms with Crippen LogP contribution in [0.5, 0.6) is 5.75 Å². The zero-order chi connectivity index (χ0) is 15.9. The number of para-hydroxylation sites is 1. The summed E-state index contributed by atoms with van der Waals surface area (Å²) in [5.41, 5.74) is 7.18. The molecule has 4 nitrogen and oxygen atoms in total. The third-order valence-electron chi connectivity index (χ3n) is 4.95. The topological polar surface area (TPSA) is 59.6 Å². The zero-order valence-electron chi connectivity index (χ0n) is 14.0. The molecule has 3 N–H and O–H groups in total. The molecule has 2 aliphatic carbocycles. The molecule has 0 bridgehead atoms. The Kier molecular flexibility index (Phi) is 5.78. The molecular weight excluding hydrogens is 286 g/mol. The summed E-state index contributed by atoms with van der Waals surface area (Å²) in [4.78, 5) is 4.53. The fourth-order valence-corrected chi connectivity index (χ4v) is 3.61. The highest BCUT2D eigenvalue weighted by Crippen LogP contribution is 2.27. The molecule has 0 aliphatic heterocycles. The van der Waals surface area contributed by atoms with E-state index < -0.39 is 0 Å². The van der Waals surface area contributed by atoms with Crippen LogP contribution in [0.2, 0.25) is 0 Å². The van der Waals surface area contributed by atoms with E-state index in [0.29, 0.717) is 24.7 Å². The van der Waals surface area contributed by atoms with Crippen LogP contribution in [0, 0.1) is 0 Å². The van der Waals surface area contributed by atoms with Gasteiger partial charge in [0.25, 0.3) is 0 Å². The predicted octanol–water partition coefficient (Wildman–Crippen LogP) is 3.75. The third-order valence-corrected chi connectivity index (χ3v) is 4.95. The normalized spacial score (nSPS) is 20.6. The number of guanidine groups is 1. The minimum Gasteiger partial charge on any atom is -0.490 e. The Balaban J connectivity index is 1.56. The van der Waals surface area contributed by atoms with Crippen molar-refractivity contribution in [2.45, 2.75) is 76.5 Å². The maximum atomic E-state index is 6.16. The standard InChI is InChI=1S/C19H29N3O/c20-19(22-16-9-2-1-3-10-16)21-14-15-8-4-7-13-18(15)23-17-11-5-6-12-17/h4,7-8,13,16-17H,1-3,5-6,9-12,14H2,(H3,20,21,22). The Hall–Kier alpha value is -1.71. The van der Waals surface area contributed by atoms with Crippen molar-refractivity contribution >= 4 is 5.96 Å². The molecule has 0 saturated heterocycles. The number of hydrogen-bond donors (Lipinski definition) is 2. The molecule has 0 atom stereocenters. The summed E-state index contributed by atoms with van der Waals surface area (Å²) in [6.07, 6.45) is 11.6. The molecule has 2 saturated carbocycles. The molecule has 0 amide bonds. The predicted molar refractivity (Wildman–Crippen MR) is 94.7 cm³/mol. The van der Waals surface area contributed by atoms with E-state index in [2.05, 4.69) is 16.4 Å². The highest BCUT2D eigenvalue weighted by Gasteiger charge is 2.18. The van der Waals surface area contributed by atoms with Crippen LogP contribution in [0.25, 0.3) is 0 Å². The lowest BCUT2D eigenvalue weighted by Gasteiger charge is -2.23. The Morgan fingerprint density at radius 3 is 2.52 bits per heavy atom. The largest absolute Gasteiger partial charge is 0.490 e. The van der Waals surface area contributed by atoms with Crippen LogP contribution in [0.1, 0.15) is 63.4 Å². The van der Waals surface area contributed by atoms with Crippen molar-refractivity contribution in [3.05, 3.63) is 29.8 Å². The SMILES string of the molecule is NC(=NCc1ccccc1OC1CCCC1)NC1CCCCC1. The van der Waals surface area contributed by atoms with Gasteiger partial charge in [0.1, 0.15) is 5.75 Å². The fourth-order valence-electron chi connectivity index (χ4n) is 3.61. The number of nitrogens with zero attached hydrogens (tertiary/aromatic N) is 1. The van der Waals surface area contributed by atoms with Gasteiger partial charge in [0.2, 0.25) is 0 Å². The van der Waals surface area contributed by atoms with Gasteiger partial charge in [-0.15, -0.1) is 0 Å². The van der Waals surface area contributed by atoms with Crippen molar-refractivity contribution in [1.82, 2.24) is 5.32 Å².